The summed E-state index contributed by atoms with van der Waals surface area (Å²) >= 11 is 0. The minimum atomic E-state index is 0.560. The molecular weight excluding hydrogens is 420 g/mol. The van der Waals surface area contributed by atoms with Gasteiger partial charge in [0.05, 0.1) is 22.4 Å². The number of hydrogen-bond acceptors (Lipinski definition) is 5. The van der Waals surface area contributed by atoms with Gasteiger partial charge < -0.3 is 14.8 Å². The summed E-state index contributed by atoms with van der Waals surface area (Å²) in [7, 11) is 3.95. The fraction of sp³-hybridized carbons (Fsp3) is 0.321. The Morgan fingerprint density at radius 3 is 2.68 bits per heavy atom. The standard InChI is InChI=1S/C18H21N3.C10H13N3/c1-3-15-8-7-14(11-20-15)16(4-2)18-17(19)9-10-21(18)12-13-5-6-13;1-7-12-9-5-4-8(11-2)6-10(9)13(7)3/h4,7-11,13,19H,2-3,5-6,12H2,1H3;4-6,11H,1-3H3/b18-16-,19-17?;. The molecule has 0 atom stereocenters. The van der Waals surface area contributed by atoms with Gasteiger partial charge in [-0.25, -0.2) is 4.98 Å². The molecule has 2 N–H and O–H groups in total. The molecule has 3 aromatic rings. The average molecular weight is 455 g/mol. The van der Waals surface area contributed by atoms with Crippen LogP contribution in [0.5, 0.6) is 0 Å². The molecule has 2 aromatic heterocycles. The van der Waals surface area contributed by atoms with Crippen molar-refractivity contribution in [3.05, 3.63) is 84.2 Å². The normalized spacial score (nSPS) is 16.5. The summed E-state index contributed by atoms with van der Waals surface area (Å²) in [5.41, 5.74) is 7.99. The number of nitrogens with one attached hydrogen (secondary N) is 2. The van der Waals surface area contributed by atoms with Crippen LogP contribution in [0.4, 0.5) is 5.69 Å². The molecule has 0 radical (unpaired) electrons. The van der Waals surface area contributed by atoms with E-state index in [0.717, 1.165) is 58.4 Å². The molecule has 0 saturated heterocycles. The fourth-order valence-corrected chi connectivity index (χ4v) is 4.11. The smallest absolute Gasteiger partial charge is 0.106 e. The highest BCUT2D eigenvalue weighted by atomic mass is 15.1. The first-order valence-corrected chi connectivity index (χ1v) is 11.9. The monoisotopic (exact) mass is 454 g/mol. The summed E-state index contributed by atoms with van der Waals surface area (Å²) in [5.74, 6) is 1.82. The van der Waals surface area contributed by atoms with Crippen molar-refractivity contribution in [3.63, 3.8) is 0 Å². The Labute approximate surface area is 202 Å². The highest BCUT2D eigenvalue weighted by Gasteiger charge is 2.28. The molecule has 0 spiro atoms. The van der Waals surface area contributed by atoms with E-state index in [4.69, 9.17) is 5.41 Å². The molecule has 1 aromatic carbocycles. The number of nitrogens with zero attached hydrogens (tertiary/aromatic N) is 4. The number of benzene rings is 1. The molecule has 0 bridgehead atoms. The molecular formula is C28H34N6. The van der Waals surface area contributed by atoms with E-state index in [9.17, 15) is 0 Å². The summed E-state index contributed by atoms with van der Waals surface area (Å²) in [6, 6.07) is 10.3. The number of imidazole rings is 1. The van der Waals surface area contributed by atoms with Crippen molar-refractivity contribution >= 4 is 28.0 Å². The summed E-state index contributed by atoms with van der Waals surface area (Å²) in [6.07, 6.45) is 11.2. The van der Waals surface area contributed by atoms with Crippen LogP contribution in [0.25, 0.3) is 16.6 Å². The number of fused-ring (bicyclic) bond motifs is 1. The Morgan fingerprint density at radius 2 is 2.06 bits per heavy atom. The van der Waals surface area contributed by atoms with Gasteiger partial charge in [-0.05, 0) is 62.4 Å². The van der Waals surface area contributed by atoms with Crippen LogP contribution in [0.2, 0.25) is 0 Å². The van der Waals surface area contributed by atoms with E-state index in [1.165, 1.54) is 18.4 Å². The minimum absolute atomic E-state index is 0.560. The summed E-state index contributed by atoms with van der Waals surface area (Å²) in [6.45, 7) is 9.07. The Hall–Kier alpha value is -3.67. The summed E-state index contributed by atoms with van der Waals surface area (Å²) in [4.78, 5) is 11.1. The molecule has 6 nitrogen and oxygen atoms in total. The van der Waals surface area contributed by atoms with Crippen LogP contribution in [0, 0.1) is 18.3 Å². The predicted molar refractivity (Wildman–Crippen MR) is 142 cm³/mol. The highest BCUT2D eigenvalue weighted by Crippen LogP contribution is 2.34. The van der Waals surface area contributed by atoms with Gasteiger partial charge >= 0.3 is 0 Å². The SMILES string of the molecule is C=C/C(=C1\C(=N)C=CN1CC1CC1)c1ccc(CC)nc1.CNc1ccc2nc(C)n(C)c2c1. The molecule has 1 fully saturated rings. The van der Waals surface area contributed by atoms with Crippen LogP contribution < -0.4 is 5.32 Å². The zero-order chi connectivity index (χ0) is 24.2. The number of pyridine rings is 1. The number of aromatic nitrogens is 3. The zero-order valence-electron chi connectivity index (χ0n) is 20.6. The number of aryl methyl sites for hydroxylation is 3. The first kappa shape index (κ1) is 23.5. The Balaban J connectivity index is 0.000000180. The number of hydrogen-bond donors (Lipinski definition) is 2. The Bertz CT molecular complexity index is 1260. The lowest BCUT2D eigenvalue weighted by Crippen LogP contribution is -2.20. The molecule has 34 heavy (non-hydrogen) atoms. The van der Waals surface area contributed by atoms with Gasteiger partial charge in [0.25, 0.3) is 0 Å². The zero-order valence-corrected chi connectivity index (χ0v) is 20.6. The maximum atomic E-state index is 8.21. The van der Waals surface area contributed by atoms with E-state index in [-0.39, 0.29) is 0 Å². The van der Waals surface area contributed by atoms with Crippen molar-refractivity contribution in [3.8, 4) is 0 Å². The highest BCUT2D eigenvalue weighted by molar-refractivity contribution is 6.13. The summed E-state index contributed by atoms with van der Waals surface area (Å²) < 4.78 is 2.09. The van der Waals surface area contributed by atoms with E-state index in [2.05, 4.69) is 56.5 Å². The van der Waals surface area contributed by atoms with Crippen LogP contribution in [-0.2, 0) is 13.5 Å². The topological polar surface area (TPSA) is 69.8 Å². The first-order chi connectivity index (χ1) is 16.4. The van der Waals surface area contributed by atoms with Crippen molar-refractivity contribution < 1.29 is 0 Å². The van der Waals surface area contributed by atoms with Crippen molar-refractivity contribution in [1.82, 2.24) is 19.4 Å². The van der Waals surface area contributed by atoms with E-state index in [0.29, 0.717) is 5.71 Å². The van der Waals surface area contributed by atoms with Gasteiger partial charge in [-0.3, -0.25) is 10.4 Å². The third kappa shape index (κ3) is 4.96. The van der Waals surface area contributed by atoms with Gasteiger partial charge in [-0.2, -0.15) is 0 Å². The average Bonchev–Trinajstić information content (AvgIpc) is 3.55. The number of anilines is 1. The third-order valence-corrected chi connectivity index (χ3v) is 6.47. The second-order valence-corrected chi connectivity index (χ2v) is 8.85. The van der Waals surface area contributed by atoms with Gasteiger partial charge in [0, 0.05) is 55.6 Å². The van der Waals surface area contributed by atoms with Crippen molar-refractivity contribution in [2.45, 2.75) is 33.1 Å². The largest absolute Gasteiger partial charge is 0.388 e. The molecule has 1 aliphatic carbocycles. The van der Waals surface area contributed by atoms with Crippen LogP contribution >= 0.6 is 0 Å². The van der Waals surface area contributed by atoms with E-state index >= 15 is 0 Å². The second-order valence-electron chi connectivity index (χ2n) is 8.85. The Kier molecular flexibility index (Phi) is 6.96. The van der Waals surface area contributed by atoms with E-state index in [1.807, 2.05) is 57.7 Å². The van der Waals surface area contributed by atoms with Crippen molar-refractivity contribution in [2.24, 2.45) is 13.0 Å². The van der Waals surface area contributed by atoms with Crippen LogP contribution in [0.3, 0.4) is 0 Å². The van der Waals surface area contributed by atoms with Crippen LogP contribution in [0.15, 0.2) is 67.2 Å². The molecule has 1 saturated carbocycles. The Morgan fingerprint density at radius 1 is 1.26 bits per heavy atom. The lowest BCUT2D eigenvalue weighted by Gasteiger charge is -2.21. The molecule has 2 aliphatic rings. The maximum Gasteiger partial charge on any atom is 0.106 e. The van der Waals surface area contributed by atoms with E-state index < -0.39 is 0 Å². The van der Waals surface area contributed by atoms with E-state index in [1.54, 1.807) is 0 Å². The summed E-state index contributed by atoms with van der Waals surface area (Å²) in [5, 5.41) is 11.3. The van der Waals surface area contributed by atoms with Gasteiger partial charge in [0.2, 0.25) is 0 Å². The molecule has 1 aliphatic heterocycles. The van der Waals surface area contributed by atoms with Gasteiger partial charge in [0.15, 0.2) is 0 Å². The number of rotatable bonds is 6. The molecule has 6 heteroatoms. The quantitative estimate of drug-likeness (QED) is 0.499. The molecule has 5 rings (SSSR count). The van der Waals surface area contributed by atoms with Gasteiger partial charge in [-0.1, -0.05) is 25.6 Å². The molecule has 3 heterocycles. The van der Waals surface area contributed by atoms with Crippen molar-refractivity contribution in [2.75, 3.05) is 18.9 Å². The maximum absolute atomic E-state index is 8.21. The predicted octanol–water partition coefficient (Wildman–Crippen LogP) is 5.72. The molecule has 0 amide bonds. The van der Waals surface area contributed by atoms with Gasteiger partial charge in [-0.15, -0.1) is 0 Å². The third-order valence-electron chi connectivity index (χ3n) is 6.47. The first-order valence-electron chi connectivity index (χ1n) is 11.9. The lowest BCUT2D eigenvalue weighted by atomic mass is 10.0. The fourth-order valence-electron chi connectivity index (χ4n) is 4.11. The molecule has 176 valence electrons. The van der Waals surface area contributed by atoms with Crippen molar-refractivity contribution in [1.29, 1.82) is 5.41 Å². The number of allylic oxidation sites excluding steroid dienone is 3. The lowest BCUT2D eigenvalue weighted by molar-refractivity contribution is 0.468. The molecule has 0 unspecified atom stereocenters. The van der Waals surface area contributed by atoms with Gasteiger partial charge in [0.1, 0.15) is 5.82 Å². The minimum Gasteiger partial charge on any atom is -0.388 e. The van der Waals surface area contributed by atoms with Crippen LogP contribution in [0.1, 0.15) is 36.8 Å². The second kappa shape index (κ2) is 10.1. The van der Waals surface area contributed by atoms with Crippen LogP contribution in [-0.4, -0.2) is 38.7 Å².